The lowest BCUT2D eigenvalue weighted by Gasteiger charge is -2.08. The van der Waals surface area contributed by atoms with Gasteiger partial charge in [-0.05, 0) is 55.4 Å². The van der Waals surface area contributed by atoms with Gasteiger partial charge in [0, 0.05) is 17.6 Å². The van der Waals surface area contributed by atoms with Crippen LogP contribution in [0, 0.1) is 0 Å². The Kier molecular flexibility index (Phi) is 4.22. The molecule has 1 aliphatic rings. The lowest BCUT2D eigenvalue weighted by atomic mass is 10.1. The van der Waals surface area contributed by atoms with Crippen molar-refractivity contribution in [3.8, 4) is 0 Å². The van der Waals surface area contributed by atoms with Gasteiger partial charge in [-0.3, -0.25) is 4.79 Å². The zero-order chi connectivity index (χ0) is 17.2. The molecular formula is C20H22N4O. The molecule has 1 aromatic carbocycles. The van der Waals surface area contributed by atoms with Gasteiger partial charge in [0.2, 0.25) is 0 Å². The molecule has 3 aromatic rings. The van der Waals surface area contributed by atoms with Gasteiger partial charge in [0.1, 0.15) is 5.56 Å². The van der Waals surface area contributed by atoms with Crippen LogP contribution in [-0.4, -0.2) is 20.5 Å². The molecule has 0 saturated heterocycles. The fourth-order valence-corrected chi connectivity index (χ4v) is 3.50. The van der Waals surface area contributed by atoms with Gasteiger partial charge < -0.3 is 5.32 Å². The Balaban J connectivity index is 1.67. The van der Waals surface area contributed by atoms with E-state index in [4.69, 9.17) is 0 Å². The number of nitrogens with one attached hydrogen (secondary N) is 1. The number of fused-ring (bicyclic) bond motifs is 3. The Hall–Kier alpha value is -2.69. The van der Waals surface area contributed by atoms with Crippen LogP contribution in [0.4, 0.5) is 5.69 Å². The lowest BCUT2D eigenvalue weighted by molar-refractivity contribution is 0.102. The molecule has 25 heavy (non-hydrogen) atoms. The van der Waals surface area contributed by atoms with Crippen molar-refractivity contribution >= 4 is 17.2 Å². The molecule has 0 aliphatic heterocycles. The van der Waals surface area contributed by atoms with E-state index in [0.717, 1.165) is 31.4 Å². The maximum Gasteiger partial charge on any atom is 0.261 e. The van der Waals surface area contributed by atoms with E-state index in [0.29, 0.717) is 11.2 Å². The van der Waals surface area contributed by atoms with Crippen LogP contribution < -0.4 is 5.32 Å². The highest BCUT2D eigenvalue weighted by molar-refractivity contribution is 6.08. The Bertz CT molecular complexity index is 929. The SMILES string of the molecule is CCc1cccc(NC(=O)c2cnn3c4c(cnc23)CCCCC4)c1. The Morgan fingerprint density at radius 2 is 2.08 bits per heavy atom. The Labute approximate surface area is 147 Å². The van der Waals surface area contributed by atoms with Crippen LogP contribution in [-0.2, 0) is 19.3 Å². The van der Waals surface area contributed by atoms with E-state index in [1.54, 1.807) is 6.20 Å². The number of aryl methyl sites for hydroxylation is 3. The second-order valence-corrected chi connectivity index (χ2v) is 6.59. The summed E-state index contributed by atoms with van der Waals surface area (Å²) in [6.45, 7) is 2.10. The maximum absolute atomic E-state index is 12.7. The summed E-state index contributed by atoms with van der Waals surface area (Å²) in [6, 6.07) is 7.93. The van der Waals surface area contributed by atoms with Crippen LogP contribution in [0.15, 0.2) is 36.7 Å². The molecule has 0 saturated carbocycles. The summed E-state index contributed by atoms with van der Waals surface area (Å²) in [5.74, 6) is -0.163. The fourth-order valence-electron chi connectivity index (χ4n) is 3.50. The lowest BCUT2D eigenvalue weighted by Crippen LogP contribution is -2.13. The summed E-state index contributed by atoms with van der Waals surface area (Å²) in [5, 5.41) is 7.43. The maximum atomic E-state index is 12.7. The van der Waals surface area contributed by atoms with E-state index < -0.39 is 0 Å². The first-order valence-electron chi connectivity index (χ1n) is 9.01. The number of carbonyl (C=O) groups excluding carboxylic acids is 1. The minimum atomic E-state index is -0.163. The molecule has 1 amide bonds. The topological polar surface area (TPSA) is 59.3 Å². The summed E-state index contributed by atoms with van der Waals surface area (Å²) < 4.78 is 1.86. The standard InChI is InChI=1S/C20H22N4O/c1-2-14-7-6-9-16(11-14)23-20(25)17-13-22-24-18-10-5-3-4-8-15(18)12-21-19(17)24/h6-7,9,11-13H,2-5,8,10H2,1H3,(H,23,25). The zero-order valence-electron chi connectivity index (χ0n) is 14.5. The van der Waals surface area contributed by atoms with E-state index in [1.807, 2.05) is 28.9 Å². The summed E-state index contributed by atoms with van der Waals surface area (Å²) in [4.78, 5) is 17.3. The quantitative estimate of drug-likeness (QED) is 0.741. The molecule has 0 radical (unpaired) electrons. The van der Waals surface area contributed by atoms with Crippen molar-refractivity contribution in [2.75, 3.05) is 5.32 Å². The largest absolute Gasteiger partial charge is 0.322 e. The molecule has 4 rings (SSSR count). The smallest absolute Gasteiger partial charge is 0.261 e. The van der Waals surface area contributed by atoms with Gasteiger partial charge in [-0.1, -0.05) is 25.5 Å². The number of amides is 1. The van der Waals surface area contributed by atoms with Crippen LogP contribution in [0.1, 0.15) is 53.4 Å². The van der Waals surface area contributed by atoms with Crippen molar-refractivity contribution in [1.82, 2.24) is 14.6 Å². The summed E-state index contributed by atoms with van der Waals surface area (Å²) in [6.07, 6.45) is 10.1. The predicted octanol–water partition coefficient (Wildman–Crippen LogP) is 3.81. The highest BCUT2D eigenvalue weighted by atomic mass is 16.1. The van der Waals surface area contributed by atoms with Gasteiger partial charge in [0.05, 0.1) is 6.20 Å². The molecule has 0 unspecified atom stereocenters. The average molecular weight is 334 g/mol. The number of rotatable bonds is 3. The molecule has 2 aromatic heterocycles. The highest BCUT2D eigenvalue weighted by Crippen LogP contribution is 2.22. The number of hydrogen-bond acceptors (Lipinski definition) is 3. The van der Waals surface area contributed by atoms with Gasteiger partial charge >= 0.3 is 0 Å². The molecular weight excluding hydrogens is 312 g/mol. The number of aromatic nitrogens is 3. The molecule has 2 heterocycles. The molecule has 0 fully saturated rings. The van der Waals surface area contributed by atoms with Crippen LogP contribution in [0.25, 0.3) is 5.65 Å². The molecule has 0 bridgehead atoms. The van der Waals surface area contributed by atoms with E-state index >= 15 is 0 Å². The zero-order valence-corrected chi connectivity index (χ0v) is 14.5. The Morgan fingerprint density at radius 1 is 1.20 bits per heavy atom. The first-order valence-corrected chi connectivity index (χ1v) is 9.01. The number of nitrogens with zero attached hydrogens (tertiary/aromatic N) is 3. The Morgan fingerprint density at radius 3 is 2.96 bits per heavy atom. The number of hydrogen-bond donors (Lipinski definition) is 1. The van der Waals surface area contributed by atoms with Crippen LogP contribution in [0.5, 0.6) is 0 Å². The predicted molar refractivity (Wildman–Crippen MR) is 98.0 cm³/mol. The average Bonchev–Trinajstić information content (AvgIpc) is 2.92. The monoisotopic (exact) mass is 334 g/mol. The van der Waals surface area contributed by atoms with E-state index in [1.165, 1.54) is 29.7 Å². The summed E-state index contributed by atoms with van der Waals surface area (Å²) >= 11 is 0. The van der Waals surface area contributed by atoms with Gasteiger partial charge in [-0.15, -0.1) is 0 Å². The second kappa shape index (κ2) is 6.67. The molecule has 0 spiro atoms. The fraction of sp³-hybridized carbons (Fsp3) is 0.350. The molecule has 1 aliphatic carbocycles. The van der Waals surface area contributed by atoms with E-state index in [9.17, 15) is 4.79 Å². The van der Waals surface area contributed by atoms with Crippen molar-refractivity contribution in [3.63, 3.8) is 0 Å². The first-order chi connectivity index (χ1) is 12.3. The van der Waals surface area contributed by atoms with Crippen LogP contribution >= 0.6 is 0 Å². The molecule has 5 heteroatoms. The third-order valence-electron chi connectivity index (χ3n) is 4.91. The molecule has 5 nitrogen and oxygen atoms in total. The number of carbonyl (C=O) groups is 1. The minimum absolute atomic E-state index is 0.163. The van der Waals surface area contributed by atoms with Gasteiger partial charge in [-0.25, -0.2) is 9.50 Å². The third-order valence-corrected chi connectivity index (χ3v) is 4.91. The van der Waals surface area contributed by atoms with E-state index in [-0.39, 0.29) is 5.91 Å². The minimum Gasteiger partial charge on any atom is -0.322 e. The highest BCUT2D eigenvalue weighted by Gasteiger charge is 2.19. The van der Waals surface area contributed by atoms with Gasteiger partial charge in [0.25, 0.3) is 5.91 Å². The van der Waals surface area contributed by atoms with Gasteiger partial charge in [-0.2, -0.15) is 5.10 Å². The van der Waals surface area contributed by atoms with Crippen molar-refractivity contribution < 1.29 is 4.79 Å². The third kappa shape index (κ3) is 3.02. The normalized spacial score (nSPS) is 14.1. The van der Waals surface area contributed by atoms with E-state index in [2.05, 4.69) is 28.4 Å². The van der Waals surface area contributed by atoms with Crippen molar-refractivity contribution in [2.24, 2.45) is 0 Å². The summed E-state index contributed by atoms with van der Waals surface area (Å²) in [7, 11) is 0. The molecule has 0 atom stereocenters. The van der Waals surface area contributed by atoms with Gasteiger partial charge in [0.15, 0.2) is 5.65 Å². The van der Waals surface area contributed by atoms with Crippen molar-refractivity contribution in [2.45, 2.75) is 45.4 Å². The van der Waals surface area contributed by atoms with Crippen molar-refractivity contribution in [3.05, 3.63) is 59.0 Å². The number of anilines is 1. The number of benzene rings is 1. The summed E-state index contributed by atoms with van der Waals surface area (Å²) in [5.41, 5.74) is 5.63. The van der Waals surface area contributed by atoms with Crippen LogP contribution in [0.2, 0.25) is 0 Å². The molecule has 1 N–H and O–H groups in total. The first kappa shape index (κ1) is 15.8. The molecule has 128 valence electrons. The second-order valence-electron chi connectivity index (χ2n) is 6.59. The van der Waals surface area contributed by atoms with Crippen molar-refractivity contribution in [1.29, 1.82) is 0 Å². The van der Waals surface area contributed by atoms with Crippen LogP contribution in [0.3, 0.4) is 0 Å².